The third kappa shape index (κ3) is 5.22. The third-order valence-corrected chi connectivity index (χ3v) is 2.57. The molecule has 1 aliphatic heterocycles. The van der Waals surface area contributed by atoms with E-state index in [1.54, 1.807) is 13.8 Å². The van der Waals surface area contributed by atoms with E-state index in [1.807, 2.05) is 0 Å². The van der Waals surface area contributed by atoms with Gasteiger partial charge in [0.25, 0.3) is 0 Å². The average Bonchev–Trinajstić information content (AvgIpc) is 2.79. The molecule has 0 saturated carbocycles. The molecule has 0 aromatic heterocycles. The standard InChI is InChI=1S/C12H20O8/c1-4-16-11(13)18-7-9-8(6-10(15-3)19-9)20-12(14)17-5-2/h8-10H,4-7H2,1-3H3/t8-,9+,10?/m0/s1. The number of methoxy groups -OCH3 is 1. The Kier molecular flexibility index (Phi) is 7.10. The van der Waals surface area contributed by atoms with Crippen molar-refractivity contribution in [1.29, 1.82) is 0 Å². The van der Waals surface area contributed by atoms with Crippen LogP contribution in [-0.2, 0) is 28.4 Å². The minimum Gasteiger partial charge on any atom is -0.435 e. The van der Waals surface area contributed by atoms with E-state index < -0.39 is 30.8 Å². The van der Waals surface area contributed by atoms with E-state index in [0.29, 0.717) is 6.42 Å². The van der Waals surface area contributed by atoms with Crippen molar-refractivity contribution in [2.45, 2.75) is 38.8 Å². The zero-order chi connectivity index (χ0) is 15.0. The van der Waals surface area contributed by atoms with E-state index in [9.17, 15) is 9.59 Å². The molecule has 0 aromatic rings. The van der Waals surface area contributed by atoms with Gasteiger partial charge in [-0.2, -0.15) is 0 Å². The van der Waals surface area contributed by atoms with Gasteiger partial charge in [-0.05, 0) is 13.8 Å². The second-order valence-corrected chi connectivity index (χ2v) is 3.91. The summed E-state index contributed by atoms with van der Waals surface area (Å²) in [5.41, 5.74) is 0. The van der Waals surface area contributed by atoms with Gasteiger partial charge in [-0.15, -0.1) is 0 Å². The molecule has 1 unspecified atom stereocenters. The highest BCUT2D eigenvalue weighted by atomic mass is 16.8. The molecule has 20 heavy (non-hydrogen) atoms. The molecule has 0 N–H and O–H groups in total. The molecule has 0 aliphatic carbocycles. The summed E-state index contributed by atoms with van der Waals surface area (Å²) >= 11 is 0. The van der Waals surface area contributed by atoms with Crippen molar-refractivity contribution in [3.05, 3.63) is 0 Å². The summed E-state index contributed by atoms with van der Waals surface area (Å²) in [4.78, 5) is 22.4. The minimum absolute atomic E-state index is 0.0945. The van der Waals surface area contributed by atoms with Gasteiger partial charge in [-0.25, -0.2) is 9.59 Å². The zero-order valence-corrected chi connectivity index (χ0v) is 11.8. The summed E-state index contributed by atoms with van der Waals surface area (Å²) in [5, 5.41) is 0. The first-order valence-corrected chi connectivity index (χ1v) is 6.41. The van der Waals surface area contributed by atoms with E-state index in [1.165, 1.54) is 7.11 Å². The van der Waals surface area contributed by atoms with Gasteiger partial charge < -0.3 is 28.4 Å². The van der Waals surface area contributed by atoms with Crippen LogP contribution >= 0.6 is 0 Å². The molecular weight excluding hydrogens is 272 g/mol. The second kappa shape index (κ2) is 8.60. The lowest BCUT2D eigenvalue weighted by Crippen LogP contribution is -2.32. The van der Waals surface area contributed by atoms with Gasteiger partial charge in [0.15, 0.2) is 6.29 Å². The van der Waals surface area contributed by atoms with E-state index in [4.69, 9.17) is 23.7 Å². The molecule has 1 rings (SSSR count). The topological polar surface area (TPSA) is 89.5 Å². The van der Waals surface area contributed by atoms with Gasteiger partial charge in [-0.3, -0.25) is 0 Å². The maximum Gasteiger partial charge on any atom is 0.508 e. The van der Waals surface area contributed by atoms with Crippen molar-refractivity contribution in [2.75, 3.05) is 26.9 Å². The SMILES string of the molecule is CCOC(=O)OC[C@H]1OC(OC)C[C@@H]1OC(=O)OCC. The van der Waals surface area contributed by atoms with Crippen LogP contribution < -0.4 is 0 Å². The quantitative estimate of drug-likeness (QED) is 0.680. The molecule has 0 radical (unpaired) electrons. The second-order valence-electron chi connectivity index (χ2n) is 3.91. The Morgan fingerprint density at radius 2 is 1.75 bits per heavy atom. The Morgan fingerprint density at radius 1 is 1.10 bits per heavy atom. The average molecular weight is 292 g/mol. The highest BCUT2D eigenvalue weighted by Gasteiger charge is 2.39. The molecule has 3 atom stereocenters. The molecule has 116 valence electrons. The summed E-state index contributed by atoms with van der Waals surface area (Å²) in [7, 11) is 1.47. The molecule has 8 nitrogen and oxygen atoms in total. The van der Waals surface area contributed by atoms with Crippen LogP contribution in [0.2, 0.25) is 0 Å². The Bertz CT molecular complexity index is 319. The predicted molar refractivity (Wildman–Crippen MR) is 65.2 cm³/mol. The molecule has 1 saturated heterocycles. The van der Waals surface area contributed by atoms with Gasteiger partial charge in [0.05, 0.1) is 13.2 Å². The van der Waals surface area contributed by atoms with Crippen LogP contribution in [-0.4, -0.2) is 57.7 Å². The minimum atomic E-state index is -0.799. The first kappa shape index (κ1) is 16.5. The van der Waals surface area contributed by atoms with Crippen LogP contribution in [0.3, 0.4) is 0 Å². The molecule has 0 amide bonds. The van der Waals surface area contributed by atoms with E-state index in [0.717, 1.165) is 0 Å². The smallest absolute Gasteiger partial charge is 0.435 e. The largest absolute Gasteiger partial charge is 0.508 e. The number of carbonyl (C=O) groups excluding carboxylic acids is 2. The normalized spacial score (nSPS) is 25.1. The molecule has 0 aromatic carbocycles. The summed E-state index contributed by atoms with van der Waals surface area (Å²) in [5.74, 6) is 0. The van der Waals surface area contributed by atoms with Crippen molar-refractivity contribution in [1.82, 2.24) is 0 Å². The van der Waals surface area contributed by atoms with Crippen molar-refractivity contribution >= 4 is 12.3 Å². The Morgan fingerprint density at radius 3 is 2.35 bits per heavy atom. The van der Waals surface area contributed by atoms with Gasteiger partial charge in [0.2, 0.25) is 0 Å². The van der Waals surface area contributed by atoms with Crippen molar-refractivity contribution in [3.63, 3.8) is 0 Å². The van der Waals surface area contributed by atoms with Gasteiger partial charge in [0.1, 0.15) is 18.8 Å². The Hall–Kier alpha value is -1.54. The highest BCUT2D eigenvalue weighted by Crippen LogP contribution is 2.24. The van der Waals surface area contributed by atoms with Crippen LogP contribution in [0.5, 0.6) is 0 Å². The van der Waals surface area contributed by atoms with E-state index in [-0.39, 0.29) is 19.8 Å². The zero-order valence-electron chi connectivity index (χ0n) is 11.8. The summed E-state index contributed by atoms with van der Waals surface area (Å²) < 4.78 is 29.8. The van der Waals surface area contributed by atoms with Crippen molar-refractivity contribution < 1.29 is 38.0 Å². The maximum absolute atomic E-state index is 11.3. The van der Waals surface area contributed by atoms with Crippen LogP contribution in [0.15, 0.2) is 0 Å². The van der Waals surface area contributed by atoms with Crippen molar-refractivity contribution in [3.8, 4) is 0 Å². The maximum atomic E-state index is 11.3. The molecule has 1 aliphatic rings. The highest BCUT2D eigenvalue weighted by molar-refractivity contribution is 5.60. The fourth-order valence-electron chi connectivity index (χ4n) is 1.69. The number of rotatable bonds is 6. The lowest BCUT2D eigenvalue weighted by molar-refractivity contribution is -0.130. The van der Waals surface area contributed by atoms with Gasteiger partial charge in [0, 0.05) is 13.5 Å². The molecule has 0 bridgehead atoms. The van der Waals surface area contributed by atoms with E-state index in [2.05, 4.69) is 4.74 Å². The van der Waals surface area contributed by atoms with Gasteiger partial charge in [-0.1, -0.05) is 0 Å². The third-order valence-electron chi connectivity index (χ3n) is 2.57. The first-order valence-electron chi connectivity index (χ1n) is 6.41. The molecule has 1 heterocycles. The number of hydrogen-bond donors (Lipinski definition) is 0. The van der Waals surface area contributed by atoms with Crippen molar-refractivity contribution in [2.24, 2.45) is 0 Å². The fraction of sp³-hybridized carbons (Fsp3) is 0.833. The molecule has 0 spiro atoms. The van der Waals surface area contributed by atoms with Crippen LogP contribution in [0.1, 0.15) is 20.3 Å². The lowest BCUT2D eigenvalue weighted by Gasteiger charge is -2.17. The van der Waals surface area contributed by atoms with Crippen LogP contribution in [0.25, 0.3) is 0 Å². The molecular formula is C12H20O8. The van der Waals surface area contributed by atoms with Crippen LogP contribution in [0, 0.1) is 0 Å². The fourth-order valence-corrected chi connectivity index (χ4v) is 1.69. The lowest BCUT2D eigenvalue weighted by atomic mass is 10.2. The Balaban J connectivity index is 2.47. The molecule has 8 heteroatoms. The van der Waals surface area contributed by atoms with Gasteiger partial charge >= 0.3 is 12.3 Å². The number of hydrogen-bond acceptors (Lipinski definition) is 8. The first-order chi connectivity index (χ1) is 9.60. The number of carbonyl (C=O) groups is 2. The summed E-state index contributed by atoms with van der Waals surface area (Å²) in [6, 6.07) is 0. The number of ether oxygens (including phenoxy) is 6. The molecule has 1 fully saturated rings. The van der Waals surface area contributed by atoms with Crippen LogP contribution in [0.4, 0.5) is 9.59 Å². The summed E-state index contributed by atoms with van der Waals surface area (Å²) in [6.45, 7) is 3.67. The predicted octanol–water partition coefficient (Wildman–Crippen LogP) is 1.46. The van der Waals surface area contributed by atoms with E-state index >= 15 is 0 Å². The summed E-state index contributed by atoms with van der Waals surface area (Å²) in [6.07, 6.45) is -3.00. The Labute approximate surface area is 117 Å². The monoisotopic (exact) mass is 292 g/mol.